The van der Waals surface area contributed by atoms with Gasteiger partial charge < -0.3 is 15.5 Å². The summed E-state index contributed by atoms with van der Waals surface area (Å²) in [5, 5.41) is 19.5. The number of carboxylic acids is 1. The molecule has 98 valence electrons. The van der Waals surface area contributed by atoms with Crippen molar-refractivity contribution >= 4 is 11.9 Å². The Kier molecular flexibility index (Phi) is 4.73. The quantitative estimate of drug-likeness (QED) is 0.720. The van der Waals surface area contributed by atoms with E-state index in [1.54, 1.807) is 0 Å². The lowest BCUT2D eigenvalue weighted by Gasteiger charge is -2.13. The molecule has 0 aromatic heterocycles. The van der Waals surface area contributed by atoms with Gasteiger partial charge >= 0.3 is 5.97 Å². The fourth-order valence-corrected chi connectivity index (χ4v) is 1.27. The van der Waals surface area contributed by atoms with Gasteiger partial charge in [0, 0.05) is 18.6 Å². The molecule has 1 aromatic carbocycles. The van der Waals surface area contributed by atoms with Gasteiger partial charge in [-0.2, -0.15) is 0 Å². The number of aliphatic hydroxyl groups excluding tert-OH is 1. The van der Waals surface area contributed by atoms with Crippen LogP contribution in [0.4, 0.5) is 8.78 Å². The number of carbonyl (C=O) groups is 2. The van der Waals surface area contributed by atoms with Crippen molar-refractivity contribution in [2.75, 3.05) is 6.61 Å². The fraction of sp³-hybridized carbons (Fsp3) is 0.273. The van der Waals surface area contributed by atoms with E-state index < -0.39 is 36.2 Å². The molecular formula is C11H11F2NO4. The predicted molar refractivity (Wildman–Crippen MR) is 57.0 cm³/mol. The third kappa shape index (κ3) is 3.49. The minimum atomic E-state index is -1.32. The lowest BCUT2D eigenvalue weighted by Crippen LogP contribution is -2.41. The number of aliphatic carboxylic acids is 1. The largest absolute Gasteiger partial charge is 0.480 e. The molecule has 0 saturated carbocycles. The van der Waals surface area contributed by atoms with Gasteiger partial charge in [0.15, 0.2) is 11.6 Å². The number of aliphatic hydroxyl groups is 1. The van der Waals surface area contributed by atoms with E-state index in [1.807, 2.05) is 0 Å². The second kappa shape index (κ2) is 6.06. The molecule has 0 aliphatic heterocycles. The van der Waals surface area contributed by atoms with Crippen LogP contribution in [0.2, 0.25) is 0 Å². The highest BCUT2D eigenvalue weighted by Gasteiger charge is 2.20. The van der Waals surface area contributed by atoms with Gasteiger partial charge in [0.1, 0.15) is 6.04 Å². The van der Waals surface area contributed by atoms with E-state index in [2.05, 4.69) is 5.32 Å². The summed E-state index contributed by atoms with van der Waals surface area (Å²) in [6.45, 7) is -0.422. The molecule has 1 unspecified atom stereocenters. The molecule has 0 aliphatic rings. The standard InChI is InChI=1S/C11H11F2NO4/c12-7-2-1-6(5-8(7)13)10(16)14-9(3-4-15)11(17)18/h1-2,5,9,15H,3-4H2,(H,14,16)(H,17,18). The zero-order valence-corrected chi connectivity index (χ0v) is 9.19. The summed E-state index contributed by atoms with van der Waals surface area (Å²) in [5.41, 5.74) is -0.196. The van der Waals surface area contributed by atoms with Crippen LogP contribution in [-0.2, 0) is 4.79 Å². The Morgan fingerprint density at radius 1 is 1.28 bits per heavy atom. The van der Waals surface area contributed by atoms with Crippen LogP contribution in [0.25, 0.3) is 0 Å². The van der Waals surface area contributed by atoms with Crippen molar-refractivity contribution in [2.24, 2.45) is 0 Å². The Morgan fingerprint density at radius 3 is 2.44 bits per heavy atom. The lowest BCUT2D eigenvalue weighted by molar-refractivity contribution is -0.139. The summed E-state index contributed by atoms with van der Waals surface area (Å²) in [4.78, 5) is 22.3. The first-order chi connectivity index (χ1) is 8.45. The van der Waals surface area contributed by atoms with Crippen molar-refractivity contribution in [2.45, 2.75) is 12.5 Å². The monoisotopic (exact) mass is 259 g/mol. The zero-order chi connectivity index (χ0) is 13.7. The maximum absolute atomic E-state index is 12.9. The molecule has 0 fully saturated rings. The number of hydrogen-bond acceptors (Lipinski definition) is 3. The maximum atomic E-state index is 12.9. The van der Waals surface area contributed by atoms with Crippen molar-refractivity contribution in [1.82, 2.24) is 5.32 Å². The van der Waals surface area contributed by atoms with Crippen molar-refractivity contribution < 1.29 is 28.6 Å². The van der Waals surface area contributed by atoms with Crippen molar-refractivity contribution in [1.29, 1.82) is 0 Å². The normalized spacial score (nSPS) is 11.9. The molecule has 7 heteroatoms. The Balaban J connectivity index is 2.80. The van der Waals surface area contributed by atoms with Gasteiger partial charge in [0.05, 0.1) is 0 Å². The van der Waals surface area contributed by atoms with E-state index in [0.29, 0.717) is 6.07 Å². The minimum absolute atomic E-state index is 0.176. The third-order valence-corrected chi connectivity index (χ3v) is 2.20. The molecule has 0 spiro atoms. The molecule has 1 amide bonds. The highest BCUT2D eigenvalue weighted by atomic mass is 19.2. The molecule has 3 N–H and O–H groups in total. The van der Waals surface area contributed by atoms with Crippen LogP contribution < -0.4 is 5.32 Å². The van der Waals surface area contributed by atoms with E-state index in [4.69, 9.17) is 10.2 Å². The van der Waals surface area contributed by atoms with Gasteiger partial charge in [0.25, 0.3) is 5.91 Å². The van der Waals surface area contributed by atoms with Crippen LogP contribution in [0.3, 0.4) is 0 Å². The summed E-state index contributed by atoms with van der Waals surface area (Å²) in [6, 6.07) is 1.19. The first kappa shape index (κ1) is 14.0. The molecular weight excluding hydrogens is 248 g/mol. The molecule has 18 heavy (non-hydrogen) atoms. The van der Waals surface area contributed by atoms with Crippen molar-refractivity contribution in [3.63, 3.8) is 0 Å². The van der Waals surface area contributed by atoms with Crippen LogP contribution in [-0.4, -0.2) is 34.7 Å². The number of rotatable bonds is 5. The van der Waals surface area contributed by atoms with Crippen LogP contribution in [0, 0.1) is 11.6 Å². The number of nitrogens with one attached hydrogen (secondary N) is 1. The van der Waals surface area contributed by atoms with Gasteiger partial charge in [0.2, 0.25) is 0 Å². The molecule has 1 aromatic rings. The van der Waals surface area contributed by atoms with Gasteiger partial charge in [-0.1, -0.05) is 0 Å². The number of benzene rings is 1. The Hall–Kier alpha value is -2.02. The Bertz CT molecular complexity index is 464. The van der Waals surface area contributed by atoms with Gasteiger partial charge in [-0.05, 0) is 18.2 Å². The van der Waals surface area contributed by atoms with Crippen molar-refractivity contribution in [3.05, 3.63) is 35.4 Å². The number of amides is 1. The van der Waals surface area contributed by atoms with E-state index in [-0.39, 0.29) is 12.0 Å². The molecule has 1 atom stereocenters. The average molecular weight is 259 g/mol. The summed E-state index contributed by atoms with van der Waals surface area (Å²) >= 11 is 0. The average Bonchev–Trinajstić information content (AvgIpc) is 2.31. The summed E-state index contributed by atoms with van der Waals surface area (Å²) in [6.07, 6.45) is -0.176. The second-order valence-corrected chi connectivity index (χ2v) is 3.51. The molecule has 0 heterocycles. The smallest absolute Gasteiger partial charge is 0.326 e. The van der Waals surface area contributed by atoms with Crippen LogP contribution in [0.15, 0.2) is 18.2 Å². The van der Waals surface area contributed by atoms with Gasteiger partial charge in [-0.15, -0.1) is 0 Å². The number of hydrogen-bond donors (Lipinski definition) is 3. The number of halogens is 2. The molecule has 1 rings (SSSR count). The maximum Gasteiger partial charge on any atom is 0.326 e. The highest BCUT2D eigenvalue weighted by Crippen LogP contribution is 2.09. The summed E-state index contributed by atoms with van der Waals surface area (Å²) < 4.78 is 25.5. The Morgan fingerprint density at radius 2 is 1.94 bits per heavy atom. The zero-order valence-electron chi connectivity index (χ0n) is 9.19. The van der Waals surface area contributed by atoms with Crippen LogP contribution in [0.5, 0.6) is 0 Å². The van der Waals surface area contributed by atoms with Crippen molar-refractivity contribution in [3.8, 4) is 0 Å². The number of carboxylic acid groups (broad SMARTS) is 1. The molecule has 5 nitrogen and oxygen atoms in total. The third-order valence-electron chi connectivity index (χ3n) is 2.20. The van der Waals surface area contributed by atoms with E-state index in [1.165, 1.54) is 0 Å². The van der Waals surface area contributed by atoms with Gasteiger partial charge in [-0.3, -0.25) is 4.79 Å². The van der Waals surface area contributed by atoms with E-state index in [0.717, 1.165) is 12.1 Å². The van der Waals surface area contributed by atoms with Crippen LogP contribution >= 0.6 is 0 Å². The minimum Gasteiger partial charge on any atom is -0.480 e. The second-order valence-electron chi connectivity index (χ2n) is 3.51. The first-order valence-electron chi connectivity index (χ1n) is 5.05. The van der Waals surface area contributed by atoms with E-state index >= 15 is 0 Å². The fourth-order valence-electron chi connectivity index (χ4n) is 1.27. The summed E-state index contributed by atoms with van der Waals surface area (Å²) in [5.74, 6) is -4.47. The topological polar surface area (TPSA) is 86.6 Å². The van der Waals surface area contributed by atoms with Crippen LogP contribution in [0.1, 0.15) is 16.8 Å². The predicted octanol–water partition coefficient (Wildman–Crippen LogP) is 0.530. The lowest BCUT2D eigenvalue weighted by atomic mass is 10.1. The summed E-state index contributed by atoms with van der Waals surface area (Å²) in [7, 11) is 0. The Labute approximate surface area is 101 Å². The first-order valence-corrected chi connectivity index (χ1v) is 5.05. The SMILES string of the molecule is O=C(NC(CCO)C(=O)O)c1ccc(F)c(F)c1. The number of carbonyl (C=O) groups excluding carboxylic acids is 1. The molecule has 0 bridgehead atoms. The molecule has 0 aliphatic carbocycles. The van der Waals surface area contributed by atoms with Gasteiger partial charge in [-0.25, -0.2) is 13.6 Å². The van der Waals surface area contributed by atoms with E-state index in [9.17, 15) is 18.4 Å². The molecule has 0 saturated heterocycles. The molecule has 0 radical (unpaired) electrons. The highest BCUT2D eigenvalue weighted by molar-refractivity contribution is 5.96.